The topological polar surface area (TPSA) is 44.8 Å². The van der Waals surface area contributed by atoms with Crippen LogP contribution >= 0.6 is 11.6 Å². The van der Waals surface area contributed by atoms with Crippen LogP contribution in [-0.2, 0) is 11.2 Å². The summed E-state index contributed by atoms with van der Waals surface area (Å²) in [6, 6.07) is 14.4. The minimum absolute atomic E-state index is 0.0696. The standard InChI is InChI=1S/C28H36ClN3O2/c1-34-26-14-12-22(29)19-25(26)31-15-17-32(18-16-31)27(28(33)21-8-3-2-4-9-21)24-13-11-20-7-5-6-10-23(20)30-24/h5-7,10,12,14,19,21,24,27,30H,2-4,8-9,11,13,15-18H2,1H3. The van der Waals surface area contributed by atoms with Crippen LogP contribution in [0.5, 0.6) is 5.75 Å². The molecule has 2 aromatic carbocycles. The van der Waals surface area contributed by atoms with Crippen molar-refractivity contribution < 1.29 is 9.53 Å². The van der Waals surface area contributed by atoms with Gasteiger partial charge in [0.05, 0.1) is 18.8 Å². The Balaban J connectivity index is 1.35. The van der Waals surface area contributed by atoms with E-state index in [0.717, 1.165) is 63.3 Å². The van der Waals surface area contributed by atoms with E-state index in [1.807, 2.05) is 18.2 Å². The zero-order chi connectivity index (χ0) is 23.5. The molecule has 1 aliphatic carbocycles. The summed E-state index contributed by atoms with van der Waals surface area (Å²) < 4.78 is 5.60. The van der Waals surface area contributed by atoms with E-state index in [2.05, 4.69) is 39.4 Å². The molecule has 1 saturated heterocycles. The Bertz CT molecular complexity index is 999. The van der Waals surface area contributed by atoms with Crippen molar-refractivity contribution >= 4 is 28.8 Å². The van der Waals surface area contributed by atoms with Crippen LogP contribution in [0.4, 0.5) is 11.4 Å². The SMILES string of the molecule is COc1ccc(Cl)cc1N1CCN(C(C(=O)C2CCCCC2)C2CCc3ccccc3N2)CC1. The van der Waals surface area contributed by atoms with Crippen LogP contribution in [0.2, 0.25) is 5.02 Å². The van der Waals surface area contributed by atoms with E-state index in [-0.39, 0.29) is 18.0 Å². The number of nitrogens with one attached hydrogen (secondary N) is 1. The molecule has 2 fully saturated rings. The van der Waals surface area contributed by atoms with Crippen LogP contribution in [0.25, 0.3) is 0 Å². The molecule has 34 heavy (non-hydrogen) atoms. The third-order valence-corrected chi connectivity index (χ3v) is 8.19. The number of benzene rings is 2. The number of para-hydroxylation sites is 1. The van der Waals surface area contributed by atoms with Gasteiger partial charge in [0.2, 0.25) is 0 Å². The molecule has 1 N–H and O–H groups in total. The first-order valence-electron chi connectivity index (χ1n) is 12.8. The van der Waals surface area contributed by atoms with Crippen molar-refractivity contribution in [2.24, 2.45) is 5.92 Å². The molecule has 2 aromatic rings. The molecule has 1 saturated carbocycles. The number of hydrogen-bond acceptors (Lipinski definition) is 5. The molecule has 2 atom stereocenters. The van der Waals surface area contributed by atoms with Gasteiger partial charge in [-0.15, -0.1) is 0 Å². The van der Waals surface area contributed by atoms with Crippen LogP contribution in [0.15, 0.2) is 42.5 Å². The predicted octanol–water partition coefficient (Wildman–Crippen LogP) is 5.42. The number of fused-ring (bicyclic) bond motifs is 1. The van der Waals surface area contributed by atoms with E-state index < -0.39 is 0 Å². The van der Waals surface area contributed by atoms with Crippen LogP contribution in [0.1, 0.15) is 44.1 Å². The third kappa shape index (κ3) is 4.92. The number of rotatable bonds is 6. The minimum Gasteiger partial charge on any atom is -0.495 e. The van der Waals surface area contributed by atoms with Crippen LogP contribution in [0.3, 0.4) is 0 Å². The molecule has 6 heteroatoms. The van der Waals surface area contributed by atoms with Gasteiger partial charge in [-0.3, -0.25) is 9.69 Å². The number of ether oxygens (including phenoxy) is 1. The highest BCUT2D eigenvalue weighted by atomic mass is 35.5. The van der Waals surface area contributed by atoms with Gasteiger partial charge in [-0.05, 0) is 55.5 Å². The first-order valence-corrected chi connectivity index (χ1v) is 13.2. The Kier molecular flexibility index (Phi) is 7.31. The second-order valence-electron chi connectivity index (χ2n) is 9.97. The fraction of sp³-hybridized carbons (Fsp3) is 0.536. The zero-order valence-electron chi connectivity index (χ0n) is 20.1. The highest BCUT2D eigenvalue weighted by Gasteiger charge is 2.40. The fourth-order valence-corrected chi connectivity index (χ4v) is 6.28. The average Bonchev–Trinajstić information content (AvgIpc) is 2.89. The van der Waals surface area contributed by atoms with Crippen LogP contribution < -0.4 is 15.0 Å². The normalized spacial score (nSPS) is 22.5. The molecule has 0 aromatic heterocycles. The van der Waals surface area contributed by atoms with Crippen LogP contribution in [0, 0.1) is 5.92 Å². The molecule has 0 spiro atoms. The van der Waals surface area contributed by atoms with Gasteiger partial charge in [0.15, 0.2) is 5.78 Å². The van der Waals surface area contributed by atoms with Crippen molar-refractivity contribution in [3.63, 3.8) is 0 Å². The lowest BCUT2D eigenvalue weighted by Crippen LogP contribution is -2.60. The zero-order valence-corrected chi connectivity index (χ0v) is 20.9. The van der Waals surface area contributed by atoms with Gasteiger partial charge in [0.1, 0.15) is 5.75 Å². The Morgan fingerprint density at radius 3 is 2.56 bits per heavy atom. The van der Waals surface area contributed by atoms with Crippen molar-refractivity contribution in [1.29, 1.82) is 0 Å². The Labute approximate surface area is 208 Å². The van der Waals surface area contributed by atoms with Gasteiger partial charge < -0.3 is 15.0 Å². The van der Waals surface area contributed by atoms with Crippen LogP contribution in [-0.4, -0.2) is 56.1 Å². The first-order chi connectivity index (χ1) is 16.6. The van der Waals surface area contributed by atoms with E-state index in [4.69, 9.17) is 16.3 Å². The van der Waals surface area contributed by atoms with E-state index in [1.54, 1.807) is 7.11 Å². The highest BCUT2D eigenvalue weighted by Crippen LogP contribution is 2.35. The predicted molar refractivity (Wildman–Crippen MR) is 139 cm³/mol. The molecule has 182 valence electrons. The van der Waals surface area contributed by atoms with E-state index >= 15 is 0 Å². The van der Waals surface area contributed by atoms with Crippen molar-refractivity contribution in [2.45, 2.75) is 57.0 Å². The molecule has 2 heterocycles. The smallest absolute Gasteiger partial charge is 0.155 e. The van der Waals surface area contributed by atoms with Gasteiger partial charge in [-0.2, -0.15) is 0 Å². The molecular weight excluding hydrogens is 446 g/mol. The highest BCUT2D eigenvalue weighted by molar-refractivity contribution is 6.30. The van der Waals surface area contributed by atoms with Crippen molar-refractivity contribution in [3.8, 4) is 5.75 Å². The largest absolute Gasteiger partial charge is 0.495 e. The molecular formula is C28H36ClN3O2. The van der Waals surface area contributed by atoms with E-state index in [1.165, 1.54) is 30.5 Å². The van der Waals surface area contributed by atoms with Gasteiger partial charge in [-0.25, -0.2) is 0 Å². The number of carbonyl (C=O) groups excluding carboxylic acids is 1. The summed E-state index contributed by atoms with van der Waals surface area (Å²) in [7, 11) is 1.70. The number of anilines is 2. The number of aryl methyl sites for hydroxylation is 1. The maximum atomic E-state index is 14.0. The molecule has 2 aliphatic heterocycles. The third-order valence-electron chi connectivity index (χ3n) is 7.95. The first kappa shape index (κ1) is 23.5. The number of hydrogen-bond donors (Lipinski definition) is 1. The summed E-state index contributed by atoms with van der Waals surface area (Å²) in [5.41, 5.74) is 3.59. The Morgan fingerprint density at radius 1 is 1.03 bits per heavy atom. The summed E-state index contributed by atoms with van der Waals surface area (Å²) in [6.45, 7) is 3.43. The molecule has 0 bridgehead atoms. The molecule has 2 unspecified atom stereocenters. The summed E-state index contributed by atoms with van der Waals surface area (Å²) in [4.78, 5) is 18.8. The number of halogens is 1. The lowest BCUT2D eigenvalue weighted by atomic mass is 9.80. The number of methoxy groups -OCH3 is 1. The monoisotopic (exact) mass is 481 g/mol. The second kappa shape index (κ2) is 10.6. The molecule has 0 amide bonds. The summed E-state index contributed by atoms with van der Waals surface area (Å²) in [5.74, 6) is 1.52. The van der Waals surface area contributed by atoms with Gasteiger partial charge in [0, 0.05) is 48.8 Å². The number of Topliss-reactive ketones (excluding diaryl/α,β-unsaturated/α-hetero) is 1. The van der Waals surface area contributed by atoms with Crippen molar-refractivity contribution in [1.82, 2.24) is 4.90 Å². The van der Waals surface area contributed by atoms with Gasteiger partial charge in [0.25, 0.3) is 0 Å². The summed E-state index contributed by atoms with van der Waals surface area (Å²) in [6.07, 6.45) is 7.78. The minimum atomic E-state index is -0.0696. The second-order valence-corrected chi connectivity index (χ2v) is 10.4. The van der Waals surface area contributed by atoms with E-state index in [0.29, 0.717) is 10.8 Å². The van der Waals surface area contributed by atoms with Crippen molar-refractivity contribution in [2.75, 3.05) is 43.5 Å². The fourth-order valence-electron chi connectivity index (χ4n) is 6.11. The maximum absolute atomic E-state index is 14.0. The van der Waals surface area contributed by atoms with E-state index in [9.17, 15) is 4.79 Å². The average molecular weight is 482 g/mol. The summed E-state index contributed by atoms with van der Waals surface area (Å²) in [5, 5.41) is 4.49. The van der Waals surface area contributed by atoms with Gasteiger partial charge in [-0.1, -0.05) is 49.1 Å². The summed E-state index contributed by atoms with van der Waals surface area (Å²) >= 11 is 6.30. The number of ketones is 1. The number of piperazine rings is 1. The van der Waals surface area contributed by atoms with Gasteiger partial charge >= 0.3 is 0 Å². The Hall–Kier alpha value is -2.24. The molecule has 5 nitrogen and oxygen atoms in total. The lowest BCUT2D eigenvalue weighted by Gasteiger charge is -2.45. The van der Waals surface area contributed by atoms with Crippen molar-refractivity contribution in [3.05, 3.63) is 53.1 Å². The lowest BCUT2D eigenvalue weighted by molar-refractivity contribution is -0.130. The molecule has 0 radical (unpaired) electrons. The number of nitrogens with zero attached hydrogens (tertiary/aromatic N) is 2. The maximum Gasteiger partial charge on any atom is 0.155 e. The quantitative estimate of drug-likeness (QED) is 0.597. The molecule has 5 rings (SSSR count). The number of carbonyl (C=O) groups is 1. The Morgan fingerprint density at radius 2 is 1.79 bits per heavy atom. The molecule has 3 aliphatic rings.